The summed E-state index contributed by atoms with van der Waals surface area (Å²) in [6, 6.07) is 7.88. The van der Waals surface area contributed by atoms with Crippen LogP contribution in [-0.4, -0.2) is 52.2 Å². The van der Waals surface area contributed by atoms with E-state index in [9.17, 15) is 14.7 Å². The molecule has 1 aliphatic heterocycles. The van der Waals surface area contributed by atoms with Crippen molar-refractivity contribution in [1.82, 2.24) is 15.4 Å². The molecule has 2 aliphatic rings. The summed E-state index contributed by atoms with van der Waals surface area (Å²) >= 11 is 0. The number of hydrogen-bond acceptors (Lipinski definition) is 6. The fraction of sp³-hybridized carbons (Fsp3) is 0.522. The predicted molar refractivity (Wildman–Crippen MR) is 114 cm³/mol. The highest BCUT2D eigenvalue weighted by Crippen LogP contribution is 2.40. The maximum absolute atomic E-state index is 12.7. The minimum Gasteiger partial charge on any atom is -0.508 e. The number of nitrogens with two attached hydrogens (primary N) is 1. The molecule has 2 unspecified atom stereocenters. The molecule has 166 valence electrons. The summed E-state index contributed by atoms with van der Waals surface area (Å²) in [5.74, 6) is 1.44. The molecular formula is C23H30N4O4. The van der Waals surface area contributed by atoms with E-state index in [1.54, 1.807) is 30.3 Å². The number of likely N-dealkylation sites (tertiary alicyclic amines) is 1. The Morgan fingerprint density at radius 1 is 1.23 bits per heavy atom. The first-order valence-electron chi connectivity index (χ1n) is 11.0. The molecule has 1 aromatic heterocycles. The van der Waals surface area contributed by atoms with Gasteiger partial charge in [-0.1, -0.05) is 17.3 Å². The number of aromatic nitrogens is 1. The first kappa shape index (κ1) is 21.4. The van der Waals surface area contributed by atoms with Crippen LogP contribution in [0.15, 0.2) is 34.9 Å². The van der Waals surface area contributed by atoms with E-state index in [4.69, 9.17) is 10.3 Å². The van der Waals surface area contributed by atoms with Gasteiger partial charge in [0.1, 0.15) is 11.5 Å². The average molecular weight is 427 g/mol. The number of benzene rings is 1. The van der Waals surface area contributed by atoms with Crippen molar-refractivity contribution in [2.24, 2.45) is 11.7 Å². The number of piperidine rings is 1. The van der Waals surface area contributed by atoms with Crippen molar-refractivity contribution >= 4 is 11.8 Å². The Morgan fingerprint density at radius 2 is 1.90 bits per heavy atom. The molecule has 0 spiro atoms. The van der Waals surface area contributed by atoms with Gasteiger partial charge in [-0.2, -0.15) is 0 Å². The van der Waals surface area contributed by atoms with Gasteiger partial charge in [0.2, 0.25) is 5.91 Å². The molecule has 0 radical (unpaired) electrons. The van der Waals surface area contributed by atoms with Gasteiger partial charge in [0.15, 0.2) is 5.69 Å². The fourth-order valence-corrected chi connectivity index (χ4v) is 4.18. The minimum atomic E-state index is -0.606. The molecule has 1 aromatic carbocycles. The number of amides is 2. The lowest BCUT2D eigenvalue weighted by molar-refractivity contribution is -0.134. The number of hydrogen-bond donors (Lipinski definition) is 3. The molecule has 8 nitrogen and oxygen atoms in total. The lowest BCUT2D eigenvalue weighted by Crippen LogP contribution is -2.50. The third-order valence-electron chi connectivity index (χ3n) is 6.37. The van der Waals surface area contributed by atoms with Crippen LogP contribution in [0.4, 0.5) is 0 Å². The van der Waals surface area contributed by atoms with Crippen molar-refractivity contribution in [3.63, 3.8) is 0 Å². The van der Waals surface area contributed by atoms with Gasteiger partial charge in [-0.3, -0.25) is 9.59 Å². The Bertz CT molecular complexity index is 914. The number of nitrogens with one attached hydrogen (secondary N) is 1. The Balaban J connectivity index is 1.23. The second-order valence-electron chi connectivity index (χ2n) is 8.79. The highest BCUT2D eigenvalue weighted by Gasteiger charge is 2.31. The molecule has 0 bridgehead atoms. The molecule has 8 heteroatoms. The highest BCUT2D eigenvalue weighted by atomic mass is 16.5. The maximum Gasteiger partial charge on any atom is 0.273 e. The second-order valence-corrected chi connectivity index (χ2v) is 8.79. The third kappa shape index (κ3) is 5.25. The number of rotatable bonds is 7. The van der Waals surface area contributed by atoms with Crippen LogP contribution >= 0.6 is 0 Å². The van der Waals surface area contributed by atoms with Crippen LogP contribution < -0.4 is 11.1 Å². The molecule has 4 rings (SSSR count). The first-order chi connectivity index (χ1) is 14.9. The second kappa shape index (κ2) is 9.09. The summed E-state index contributed by atoms with van der Waals surface area (Å²) in [7, 11) is 0. The third-order valence-corrected chi connectivity index (χ3v) is 6.37. The molecule has 2 atom stereocenters. The quantitative estimate of drug-likeness (QED) is 0.624. The topological polar surface area (TPSA) is 122 Å². The lowest BCUT2D eigenvalue weighted by Gasteiger charge is -2.36. The number of aromatic hydroxyl groups is 1. The summed E-state index contributed by atoms with van der Waals surface area (Å²) in [6.07, 6.45) is 4.26. The molecule has 1 saturated heterocycles. The molecule has 4 N–H and O–H groups in total. The van der Waals surface area contributed by atoms with Gasteiger partial charge < -0.3 is 25.6 Å². The standard InChI is InChI=1S/C23H30N4O4/c1-14(25-22(29)20-13-21(31-26-20)17-4-5-17)16-8-10-27(11-9-16)23(30)19(24)12-15-2-6-18(28)7-3-15/h2-3,6-7,13-14,16-17,19,28H,4-5,8-12,24H2,1H3,(H,25,29). The van der Waals surface area contributed by atoms with Crippen molar-refractivity contribution in [3.05, 3.63) is 47.3 Å². The van der Waals surface area contributed by atoms with E-state index >= 15 is 0 Å². The smallest absolute Gasteiger partial charge is 0.273 e. The van der Waals surface area contributed by atoms with Gasteiger partial charge in [0.25, 0.3) is 5.91 Å². The highest BCUT2D eigenvalue weighted by molar-refractivity contribution is 5.92. The number of carbonyl (C=O) groups is 2. The SMILES string of the molecule is CC(NC(=O)c1cc(C2CC2)on1)C1CCN(C(=O)C(N)Cc2ccc(O)cc2)CC1. The number of phenols is 1. The van der Waals surface area contributed by atoms with E-state index in [1.807, 2.05) is 11.8 Å². The maximum atomic E-state index is 12.7. The van der Waals surface area contributed by atoms with Crippen LogP contribution in [0.3, 0.4) is 0 Å². The lowest BCUT2D eigenvalue weighted by atomic mass is 9.89. The molecule has 2 fully saturated rings. The molecule has 1 aliphatic carbocycles. The number of carbonyl (C=O) groups excluding carboxylic acids is 2. The predicted octanol–water partition coefficient (Wildman–Crippen LogP) is 2.18. The Labute approximate surface area is 181 Å². The van der Waals surface area contributed by atoms with E-state index in [0.29, 0.717) is 31.1 Å². The molecule has 2 aromatic rings. The Morgan fingerprint density at radius 3 is 2.55 bits per heavy atom. The van der Waals surface area contributed by atoms with Gasteiger partial charge in [0.05, 0.1) is 6.04 Å². The Hall–Kier alpha value is -2.87. The van der Waals surface area contributed by atoms with Crippen LogP contribution in [0.5, 0.6) is 5.75 Å². The molecule has 2 amide bonds. The minimum absolute atomic E-state index is 0.0171. The average Bonchev–Trinajstić information content (AvgIpc) is 3.51. The zero-order valence-electron chi connectivity index (χ0n) is 17.8. The summed E-state index contributed by atoms with van der Waals surface area (Å²) in [4.78, 5) is 27.0. The molecule has 31 heavy (non-hydrogen) atoms. The van der Waals surface area contributed by atoms with E-state index in [0.717, 1.165) is 37.0 Å². The van der Waals surface area contributed by atoms with E-state index in [1.165, 1.54) is 0 Å². The summed E-state index contributed by atoms with van der Waals surface area (Å²) < 4.78 is 5.27. The number of phenolic OH excluding ortho intramolecular Hbond substituents is 1. The summed E-state index contributed by atoms with van der Waals surface area (Å²) in [6.45, 7) is 3.25. The summed E-state index contributed by atoms with van der Waals surface area (Å²) in [5, 5.41) is 16.3. The van der Waals surface area contributed by atoms with Crippen LogP contribution in [0.1, 0.15) is 60.3 Å². The first-order valence-corrected chi connectivity index (χ1v) is 11.0. The molecule has 1 saturated carbocycles. The normalized spacial score (nSPS) is 19.1. The van der Waals surface area contributed by atoms with E-state index < -0.39 is 6.04 Å². The van der Waals surface area contributed by atoms with Crippen molar-refractivity contribution in [2.75, 3.05) is 13.1 Å². The Kier molecular flexibility index (Phi) is 6.27. The van der Waals surface area contributed by atoms with E-state index in [-0.39, 0.29) is 29.5 Å². The largest absolute Gasteiger partial charge is 0.508 e. The monoisotopic (exact) mass is 426 g/mol. The fourth-order valence-electron chi connectivity index (χ4n) is 4.18. The van der Waals surface area contributed by atoms with Crippen molar-refractivity contribution < 1.29 is 19.2 Å². The van der Waals surface area contributed by atoms with Gasteiger partial charge in [-0.05, 0) is 62.6 Å². The van der Waals surface area contributed by atoms with Gasteiger partial charge in [-0.15, -0.1) is 0 Å². The molecular weight excluding hydrogens is 396 g/mol. The number of nitrogens with zero attached hydrogens (tertiary/aromatic N) is 2. The van der Waals surface area contributed by atoms with Crippen LogP contribution in [0, 0.1) is 5.92 Å². The van der Waals surface area contributed by atoms with Crippen molar-refractivity contribution in [3.8, 4) is 5.75 Å². The van der Waals surface area contributed by atoms with Crippen molar-refractivity contribution in [1.29, 1.82) is 0 Å². The van der Waals surface area contributed by atoms with Gasteiger partial charge in [0, 0.05) is 31.1 Å². The van der Waals surface area contributed by atoms with Gasteiger partial charge in [-0.25, -0.2) is 0 Å². The van der Waals surface area contributed by atoms with Crippen LogP contribution in [-0.2, 0) is 11.2 Å². The zero-order valence-corrected chi connectivity index (χ0v) is 17.8. The molecule has 2 heterocycles. The summed E-state index contributed by atoms with van der Waals surface area (Å²) in [5.41, 5.74) is 7.40. The van der Waals surface area contributed by atoms with Crippen molar-refractivity contribution in [2.45, 2.75) is 57.0 Å². The van der Waals surface area contributed by atoms with Crippen LogP contribution in [0.2, 0.25) is 0 Å². The van der Waals surface area contributed by atoms with Crippen LogP contribution in [0.25, 0.3) is 0 Å². The van der Waals surface area contributed by atoms with Gasteiger partial charge >= 0.3 is 0 Å². The van der Waals surface area contributed by atoms with E-state index in [2.05, 4.69) is 10.5 Å². The zero-order chi connectivity index (χ0) is 22.0.